The van der Waals surface area contributed by atoms with Crippen molar-refractivity contribution in [3.05, 3.63) is 23.8 Å². The highest BCUT2D eigenvalue weighted by Gasteiger charge is 2.44. The number of carbonyl (C=O) groups excluding carboxylic acids is 1. The van der Waals surface area contributed by atoms with Gasteiger partial charge in [-0.3, -0.25) is 4.79 Å². The molecule has 6 nitrogen and oxygen atoms in total. The zero-order valence-electron chi connectivity index (χ0n) is 13.9. The Kier molecular flexibility index (Phi) is 4.33. The maximum atomic E-state index is 13.1. The Morgan fingerprint density at radius 3 is 2.83 bits per heavy atom. The van der Waals surface area contributed by atoms with Crippen LogP contribution in [0.5, 0.6) is 11.5 Å². The van der Waals surface area contributed by atoms with Gasteiger partial charge in [0, 0.05) is 25.6 Å². The normalized spacial score (nSPS) is 29.0. The molecule has 2 fully saturated rings. The first-order valence-electron chi connectivity index (χ1n) is 8.63. The van der Waals surface area contributed by atoms with Gasteiger partial charge in [0.2, 0.25) is 0 Å². The zero-order valence-corrected chi connectivity index (χ0v) is 13.9. The molecule has 1 saturated heterocycles. The van der Waals surface area contributed by atoms with Crippen molar-refractivity contribution in [1.82, 2.24) is 4.90 Å². The highest BCUT2D eigenvalue weighted by molar-refractivity contribution is 5.95. The molecule has 3 unspecified atom stereocenters. The molecule has 2 aliphatic heterocycles. The van der Waals surface area contributed by atoms with Crippen LogP contribution >= 0.6 is 0 Å². The van der Waals surface area contributed by atoms with Gasteiger partial charge in [-0.1, -0.05) is 0 Å². The Labute approximate surface area is 141 Å². The first-order valence-corrected chi connectivity index (χ1v) is 8.63. The summed E-state index contributed by atoms with van der Waals surface area (Å²) in [5.41, 5.74) is 0.624. The van der Waals surface area contributed by atoms with Crippen molar-refractivity contribution in [2.45, 2.75) is 37.5 Å². The van der Waals surface area contributed by atoms with E-state index in [0.717, 1.165) is 19.3 Å². The minimum absolute atomic E-state index is 0.00356. The minimum Gasteiger partial charge on any atom is -0.490 e. The van der Waals surface area contributed by atoms with Crippen LogP contribution in [0.25, 0.3) is 0 Å². The van der Waals surface area contributed by atoms with Crippen LogP contribution in [0.3, 0.4) is 0 Å². The monoisotopic (exact) mass is 333 g/mol. The van der Waals surface area contributed by atoms with Crippen molar-refractivity contribution in [2.24, 2.45) is 0 Å². The van der Waals surface area contributed by atoms with Crippen LogP contribution in [0.1, 0.15) is 29.6 Å². The number of nitrogens with zero attached hydrogens (tertiary/aromatic N) is 1. The summed E-state index contributed by atoms with van der Waals surface area (Å²) in [4.78, 5) is 15.0. The average Bonchev–Trinajstić information content (AvgIpc) is 2.75. The molecule has 0 radical (unpaired) electrons. The second-order valence-electron chi connectivity index (χ2n) is 6.46. The predicted molar refractivity (Wildman–Crippen MR) is 86.6 cm³/mol. The van der Waals surface area contributed by atoms with Gasteiger partial charge in [0.1, 0.15) is 6.10 Å². The summed E-state index contributed by atoms with van der Waals surface area (Å²) in [6.07, 6.45) is 2.76. The van der Waals surface area contributed by atoms with E-state index in [0.29, 0.717) is 43.4 Å². The molecule has 6 heteroatoms. The zero-order chi connectivity index (χ0) is 16.5. The standard InChI is InChI=1S/C18H23NO5/c1-21-17-13-4-6-15(17)24-10-7-19(13)18(20)12-3-5-14-16(11-12)23-9-2-8-22-14/h3,5,11,13,15,17H,2,4,6-10H2,1H3. The molecule has 0 spiro atoms. The largest absolute Gasteiger partial charge is 0.490 e. The Morgan fingerprint density at radius 2 is 2.00 bits per heavy atom. The molecule has 24 heavy (non-hydrogen) atoms. The van der Waals surface area contributed by atoms with Crippen LogP contribution in [0.15, 0.2) is 18.2 Å². The summed E-state index contributed by atoms with van der Waals surface area (Å²) < 4.78 is 22.8. The number of amides is 1. The van der Waals surface area contributed by atoms with Crippen LogP contribution in [0.2, 0.25) is 0 Å². The van der Waals surface area contributed by atoms with E-state index in [1.807, 2.05) is 17.0 Å². The van der Waals surface area contributed by atoms with Gasteiger partial charge >= 0.3 is 0 Å². The fourth-order valence-electron chi connectivity index (χ4n) is 3.91. The van der Waals surface area contributed by atoms with Crippen molar-refractivity contribution in [1.29, 1.82) is 0 Å². The number of fused-ring (bicyclic) bond motifs is 3. The first-order chi connectivity index (χ1) is 11.8. The summed E-state index contributed by atoms with van der Waals surface area (Å²) in [5, 5.41) is 0. The van der Waals surface area contributed by atoms with Crippen molar-refractivity contribution < 1.29 is 23.7 Å². The molecular formula is C18H23NO5. The fourth-order valence-corrected chi connectivity index (χ4v) is 3.91. The van der Waals surface area contributed by atoms with Crippen molar-refractivity contribution in [3.63, 3.8) is 0 Å². The third-order valence-corrected chi connectivity index (χ3v) is 5.08. The lowest BCUT2D eigenvalue weighted by Crippen LogP contribution is -2.46. The Hall–Kier alpha value is -1.79. The molecule has 2 bridgehead atoms. The van der Waals surface area contributed by atoms with Crippen LogP contribution in [-0.4, -0.2) is 62.5 Å². The van der Waals surface area contributed by atoms with Crippen molar-refractivity contribution in [3.8, 4) is 11.5 Å². The molecule has 3 aliphatic rings. The molecule has 1 saturated carbocycles. The number of rotatable bonds is 2. The van der Waals surface area contributed by atoms with Crippen LogP contribution in [0, 0.1) is 0 Å². The number of methoxy groups -OCH3 is 1. The molecule has 1 amide bonds. The summed E-state index contributed by atoms with van der Waals surface area (Å²) in [6.45, 7) is 2.40. The maximum absolute atomic E-state index is 13.1. The van der Waals surface area contributed by atoms with E-state index in [2.05, 4.69) is 0 Å². The maximum Gasteiger partial charge on any atom is 0.254 e. The molecule has 0 aromatic heterocycles. The quantitative estimate of drug-likeness (QED) is 0.827. The number of carbonyl (C=O) groups is 1. The molecule has 1 aliphatic carbocycles. The molecule has 1 aromatic rings. The highest BCUT2D eigenvalue weighted by Crippen LogP contribution is 2.34. The van der Waals surface area contributed by atoms with Crippen LogP contribution in [-0.2, 0) is 9.47 Å². The van der Waals surface area contributed by atoms with Gasteiger partial charge in [-0.2, -0.15) is 0 Å². The fraction of sp³-hybridized carbons (Fsp3) is 0.611. The Morgan fingerprint density at radius 1 is 1.17 bits per heavy atom. The van der Waals surface area contributed by atoms with Gasteiger partial charge in [0.05, 0.1) is 32.0 Å². The van der Waals surface area contributed by atoms with Gasteiger partial charge in [-0.15, -0.1) is 0 Å². The summed E-state index contributed by atoms with van der Waals surface area (Å²) in [5.74, 6) is 1.36. The first kappa shape index (κ1) is 15.7. The third kappa shape index (κ3) is 2.74. The number of hydrogen-bond donors (Lipinski definition) is 0. The van der Waals surface area contributed by atoms with Crippen LogP contribution < -0.4 is 9.47 Å². The van der Waals surface area contributed by atoms with Crippen molar-refractivity contribution >= 4 is 5.91 Å². The van der Waals surface area contributed by atoms with Gasteiger partial charge in [-0.05, 0) is 31.0 Å². The third-order valence-electron chi connectivity index (χ3n) is 5.08. The minimum atomic E-state index is -0.0446. The van der Waals surface area contributed by atoms with E-state index in [4.69, 9.17) is 18.9 Å². The second kappa shape index (κ2) is 6.61. The number of hydrogen-bond acceptors (Lipinski definition) is 5. The van der Waals surface area contributed by atoms with E-state index in [-0.39, 0.29) is 24.2 Å². The predicted octanol–water partition coefficient (Wildman–Crippen LogP) is 1.87. The molecule has 4 rings (SSSR count). The van der Waals surface area contributed by atoms with Gasteiger partial charge in [-0.25, -0.2) is 0 Å². The van der Waals surface area contributed by atoms with Gasteiger partial charge in [0.15, 0.2) is 11.5 Å². The number of ether oxygens (including phenoxy) is 4. The van der Waals surface area contributed by atoms with E-state index in [1.165, 1.54) is 0 Å². The lowest BCUT2D eigenvalue weighted by Gasteiger charge is -2.30. The summed E-state index contributed by atoms with van der Waals surface area (Å²) in [6, 6.07) is 5.51. The topological polar surface area (TPSA) is 57.2 Å². The average molecular weight is 333 g/mol. The van der Waals surface area contributed by atoms with Gasteiger partial charge < -0.3 is 23.8 Å². The molecule has 130 valence electrons. The summed E-state index contributed by atoms with van der Waals surface area (Å²) >= 11 is 0. The molecule has 0 N–H and O–H groups in total. The molecule has 1 aromatic carbocycles. The van der Waals surface area contributed by atoms with E-state index >= 15 is 0 Å². The molecular weight excluding hydrogens is 310 g/mol. The second-order valence-corrected chi connectivity index (χ2v) is 6.46. The smallest absolute Gasteiger partial charge is 0.254 e. The lowest BCUT2D eigenvalue weighted by atomic mass is 10.1. The number of benzene rings is 1. The molecule has 3 atom stereocenters. The molecule has 2 heterocycles. The lowest BCUT2D eigenvalue weighted by molar-refractivity contribution is -0.0316. The highest BCUT2D eigenvalue weighted by atomic mass is 16.5. The van der Waals surface area contributed by atoms with Gasteiger partial charge in [0.25, 0.3) is 5.91 Å². The van der Waals surface area contributed by atoms with E-state index in [1.54, 1.807) is 13.2 Å². The Bertz CT molecular complexity index is 619. The Balaban J connectivity index is 1.59. The summed E-state index contributed by atoms with van der Waals surface area (Å²) in [7, 11) is 1.70. The van der Waals surface area contributed by atoms with E-state index < -0.39 is 0 Å². The van der Waals surface area contributed by atoms with Crippen LogP contribution in [0.4, 0.5) is 0 Å². The SMILES string of the molecule is COC1C2CCC1N(C(=O)c1ccc3c(c1)OCCCO3)CCO2. The van der Waals surface area contributed by atoms with E-state index in [9.17, 15) is 4.79 Å². The van der Waals surface area contributed by atoms with Crippen molar-refractivity contribution in [2.75, 3.05) is 33.5 Å².